The number of hydrogen-bond acceptors (Lipinski definition) is 5. The number of carboxylic acid groups (broad SMARTS) is 1. The van der Waals surface area contributed by atoms with Crippen LogP contribution < -0.4 is 9.64 Å². The topological polar surface area (TPSA) is 87.2 Å². The second-order valence-corrected chi connectivity index (χ2v) is 12.0. The first-order valence-electron chi connectivity index (χ1n) is 11.9. The monoisotopic (exact) mass is 600 g/mol. The van der Waals surface area contributed by atoms with E-state index in [9.17, 15) is 49.1 Å². The van der Waals surface area contributed by atoms with Crippen LogP contribution in [-0.4, -0.2) is 56.2 Å². The van der Waals surface area contributed by atoms with Gasteiger partial charge < -0.3 is 14.7 Å². The molecule has 222 valence electrons. The summed E-state index contributed by atoms with van der Waals surface area (Å²) in [5.41, 5.74) is -3.38. The fourth-order valence-corrected chi connectivity index (χ4v) is 5.64. The van der Waals surface area contributed by atoms with Gasteiger partial charge in [0.25, 0.3) is 0 Å². The number of carboxylic acids is 1. The van der Waals surface area contributed by atoms with Gasteiger partial charge in [0, 0.05) is 37.8 Å². The quantitative estimate of drug-likeness (QED) is 0.363. The lowest BCUT2D eigenvalue weighted by Crippen LogP contribution is -2.41. The number of aliphatic carboxylic acids is 1. The summed E-state index contributed by atoms with van der Waals surface area (Å²) in [5, 5.41) is 9.32. The van der Waals surface area contributed by atoms with E-state index in [-0.39, 0.29) is 18.7 Å². The lowest BCUT2D eigenvalue weighted by molar-refractivity contribution is -0.148. The number of rotatable bonds is 8. The van der Waals surface area contributed by atoms with Crippen molar-refractivity contribution in [1.82, 2.24) is 4.31 Å². The largest absolute Gasteiger partial charge is 0.492 e. The van der Waals surface area contributed by atoms with E-state index in [2.05, 4.69) is 0 Å². The Bertz CT molecular complexity index is 1340. The number of benzene rings is 2. The lowest BCUT2D eigenvalue weighted by Gasteiger charge is -2.30. The SMILES string of the molecule is CN1[C@H](CCCC(F)(F)F)CN(c2ccc(F)cc2)c2cc(C(F)(F)F)c(OCC(C)(C)C(=O)O)cc2S1(=O)=O. The third-order valence-electron chi connectivity index (χ3n) is 6.53. The number of halogens is 7. The Hall–Kier alpha value is -3.07. The van der Waals surface area contributed by atoms with Crippen molar-refractivity contribution in [2.75, 3.05) is 25.1 Å². The average Bonchev–Trinajstić information content (AvgIpc) is 2.90. The molecule has 0 radical (unpaired) electrons. The minimum atomic E-state index is -5.07. The van der Waals surface area contributed by atoms with E-state index in [1.165, 1.54) is 30.9 Å². The van der Waals surface area contributed by atoms with E-state index in [1.807, 2.05) is 0 Å². The first-order valence-corrected chi connectivity index (χ1v) is 13.4. The second-order valence-electron chi connectivity index (χ2n) is 10.1. The molecule has 0 saturated carbocycles. The van der Waals surface area contributed by atoms with Crippen LogP contribution in [0, 0.1) is 11.2 Å². The zero-order chi connectivity index (χ0) is 30.3. The molecule has 0 spiro atoms. The molecule has 15 heteroatoms. The number of likely N-dealkylation sites (N-methyl/N-ethyl adjacent to an activating group) is 1. The molecular formula is C25H27F7N2O5S. The van der Waals surface area contributed by atoms with E-state index in [4.69, 9.17) is 4.74 Å². The Balaban J connectivity index is 2.22. The first kappa shape index (κ1) is 31.5. The van der Waals surface area contributed by atoms with Gasteiger partial charge in [-0.15, -0.1) is 0 Å². The standard InChI is InChI=1S/C25H27F7N2O5S/c1-23(2,22(35)36)14-39-20-12-21-19(11-18(20)25(30,31)32)34(16-8-6-15(26)7-9-16)13-17(33(3)40(21,37)38)5-4-10-24(27,28)29/h6-9,11-12,17H,4-5,10,13-14H2,1-3H3,(H,35,36)/t17-/m1/s1. The summed E-state index contributed by atoms with van der Waals surface area (Å²) in [5.74, 6) is -2.98. The number of fused-ring (bicyclic) bond motifs is 1. The number of hydrogen-bond donors (Lipinski definition) is 1. The number of alkyl halides is 6. The molecule has 0 fully saturated rings. The van der Waals surface area contributed by atoms with Gasteiger partial charge in [0.1, 0.15) is 23.1 Å². The molecule has 2 aromatic carbocycles. The molecule has 7 nitrogen and oxygen atoms in total. The molecule has 2 aromatic rings. The van der Waals surface area contributed by atoms with Crippen molar-refractivity contribution in [3.05, 3.63) is 47.8 Å². The fraction of sp³-hybridized carbons (Fsp3) is 0.480. The number of anilines is 2. The van der Waals surface area contributed by atoms with Crippen LogP contribution in [0.5, 0.6) is 5.75 Å². The Labute approximate surface area is 226 Å². The van der Waals surface area contributed by atoms with Gasteiger partial charge in [0.15, 0.2) is 0 Å². The zero-order valence-electron chi connectivity index (χ0n) is 21.6. The van der Waals surface area contributed by atoms with Gasteiger partial charge >= 0.3 is 18.3 Å². The maximum atomic E-state index is 14.2. The first-order chi connectivity index (χ1) is 18.2. The van der Waals surface area contributed by atoms with E-state index in [0.717, 1.165) is 23.5 Å². The van der Waals surface area contributed by atoms with Crippen LogP contribution >= 0.6 is 0 Å². The summed E-state index contributed by atoms with van der Waals surface area (Å²) in [7, 11) is -3.50. The predicted octanol–water partition coefficient (Wildman–Crippen LogP) is 6.21. The molecule has 1 heterocycles. The van der Waals surface area contributed by atoms with Crippen molar-refractivity contribution in [2.45, 2.75) is 56.4 Å². The van der Waals surface area contributed by atoms with Gasteiger partial charge in [-0.2, -0.15) is 30.6 Å². The van der Waals surface area contributed by atoms with Crippen molar-refractivity contribution < 1.29 is 53.8 Å². The number of ether oxygens (including phenoxy) is 1. The summed E-state index contributed by atoms with van der Waals surface area (Å²) in [6.07, 6.45) is -11.5. The molecule has 1 aliphatic rings. The van der Waals surface area contributed by atoms with Crippen molar-refractivity contribution in [3.63, 3.8) is 0 Å². The van der Waals surface area contributed by atoms with E-state index in [0.29, 0.717) is 12.1 Å². The van der Waals surface area contributed by atoms with Crippen LogP contribution in [0.4, 0.5) is 42.1 Å². The molecule has 0 aromatic heterocycles. The second kappa shape index (κ2) is 11.1. The van der Waals surface area contributed by atoms with Crippen LogP contribution in [0.2, 0.25) is 0 Å². The molecule has 0 amide bonds. The highest BCUT2D eigenvalue weighted by Gasteiger charge is 2.43. The number of nitrogens with zero attached hydrogens (tertiary/aromatic N) is 2. The van der Waals surface area contributed by atoms with E-state index >= 15 is 0 Å². The summed E-state index contributed by atoms with van der Waals surface area (Å²) in [6, 6.07) is 4.49. The van der Waals surface area contributed by atoms with E-state index < -0.39 is 87.0 Å². The van der Waals surface area contributed by atoms with Gasteiger partial charge in [-0.3, -0.25) is 4.79 Å². The molecule has 1 atom stereocenters. The molecule has 1 aliphatic heterocycles. The van der Waals surface area contributed by atoms with Crippen molar-refractivity contribution >= 4 is 27.4 Å². The highest BCUT2D eigenvalue weighted by Crippen LogP contribution is 2.46. The number of sulfonamides is 1. The predicted molar refractivity (Wildman–Crippen MR) is 130 cm³/mol. The van der Waals surface area contributed by atoms with Gasteiger partial charge in [-0.1, -0.05) is 0 Å². The molecule has 0 unspecified atom stereocenters. The van der Waals surface area contributed by atoms with Gasteiger partial charge in [0.05, 0.1) is 16.7 Å². The summed E-state index contributed by atoms with van der Waals surface area (Å²) in [4.78, 5) is 12.0. The highest BCUT2D eigenvalue weighted by atomic mass is 32.2. The lowest BCUT2D eigenvalue weighted by atomic mass is 9.95. The van der Waals surface area contributed by atoms with Crippen molar-refractivity contribution in [2.24, 2.45) is 5.41 Å². The molecule has 3 rings (SSSR count). The summed E-state index contributed by atoms with van der Waals surface area (Å²) < 4.78 is 128. The minimum Gasteiger partial charge on any atom is -0.492 e. The Morgan fingerprint density at radius 2 is 1.68 bits per heavy atom. The maximum absolute atomic E-state index is 14.2. The van der Waals surface area contributed by atoms with Crippen LogP contribution in [0.15, 0.2) is 41.3 Å². The van der Waals surface area contributed by atoms with Crippen LogP contribution in [0.3, 0.4) is 0 Å². The number of carbonyl (C=O) groups is 1. The molecule has 0 saturated heterocycles. The third-order valence-corrected chi connectivity index (χ3v) is 8.46. The highest BCUT2D eigenvalue weighted by molar-refractivity contribution is 7.89. The third kappa shape index (κ3) is 6.97. The Morgan fingerprint density at radius 1 is 1.07 bits per heavy atom. The average molecular weight is 601 g/mol. The van der Waals surface area contributed by atoms with Crippen LogP contribution in [0.1, 0.15) is 38.7 Å². The fourth-order valence-electron chi connectivity index (χ4n) is 4.08. The van der Waals surface area contributed by atoms with E-state index in [1.54, 1.807) is 0 Å². The molecular weight excluding hydrogens is 573 g/mol. The van der Waals surface area contributed by atoms with Crippen LogP contribution in [0.25, 0.3) is 0 Å². The van der Waals surface area contributed by atoms with Crippen LogP contribution in [-0.2, 0) is 21.0 Å². The summed E-state index contributed by atoms with van der Waals surface area (Å²) in [6.45, 7) is 1.34. The molecule has 0 bridgehead atoms. The van der Waals surface area contributed by atoms with Gasteiger partial charge in [-0.05, 0) is 57.0 Å². The molecule has 0 aliphatic carbocycles. The Morgan fingerprint density at radius 3 is 2.20 bits per heavy atom. The summed E-state index contributed by atoms with van der Waals surface area (Å²) >= 11 is 0. The van der Waals surface area contributed by atoms with Gasteiger partial charge in [0.2, 0.25) is 10.0 Å². The van der Waals surface area contributed by atoms with Crippen molar-refractivity contribution in [3.8, 4) is 5.75 Å². The molecule has 40 heavy (non-hydrogen) atoms. The molecule has 1 N–H and O–H groups in total. The smallest absolute Gasteiger partial charge is 0.420 e. The maximum Gasteiger partial charge on any atom is 0.420 e. The Kier molecular flexibility index (Phi) is 8.71. The van der Waals surface area contributed by atoms with Gasteiger partial charge in [-0.25, -0.2) is 12.8 Å². The van der Waals surface area contributed by atoms with Crippen molar-refractivity contribution in [1.29, 1.82) is 0 Å². The minimum absolute atomic E-state index is 0.0998. The normalized spacial score (nSPS) is 18.2. The zero-order valence-corrected chi connectivity index (χ0v) is 22.4.